The average molecular weight is 300 g/mol. The predicted octanol–water partition coefficient (Wildman–Crippen LogP) is 2.00. The molecule has 1 aromatic carbocycles. The van der Waals surface area contributed by atoms with E-state index in [1.54, 1.807) is 33.8 Å². The van der Waals surface area contributed by atoms with Crippen LogP contribution in [-0.2, 0) is 10.2 Å². The topological polar surface area (TPSA) is 86.7 Å². The fraction of sp³-hybridized carbons (Fsp3) is 0.462. The molecule has 1 aromatic rings. The Morgan fingerprint density at radius 3 is 2.25 bits per heavy atom. The zero-order chi connectivity index (χ0) is 15.5. The molecule has 0 radical (unpaired) electrons. The maximum absolute atomic E-state index is 12.2. The highest BCUT2D eigenvalue weighted by atomic mass is 32.2. The van der Waals surface area contributed by atoms with E-state index in [1.165, 1.54) is 10.4 Å². The summed E-state index contributed by atoms with van der Waals surface area (Å²) in [7, 11) is -3.75. The Bertz CT molecular complexity index is 607. The fourth-order valence-corrected chi connectivity index (χ4v) is 3.37. The standard InChI is InChI=1S/C13H20N2O4S/c1-5-15(6-2)20(18,19)14-12-10(4)7-9(3)8-11(12)13(16)17/h7-8,14H,5-6H2,1-4H3,(H,16,17). The van der Waals surface area contributed by atoms with Crippen molar-refractivity contribution in [1.29, 1.82) is 0 Å². The molecular formula is C13H20N2O4S. The number of anilines is 1. The third-order valence-electron chi connectivity index (χ3n) is 2.99. The number of rotatable bonds is 6. The van der Waals surface area contributed by atoms with Gasteiger partial charge in [-0.15, -0.1) is 0 Å². The first-order valence-corrected chi connectivity index (χ1v) is 7.79. The molecule has 20 heavy (non-hydrogen) atoms. The van der Waals surface area contributed by atoms with Crippen molar-refractivity contribution in [3.8, 4) is 0 Å². The molecule has 0 amide bonds. The molecule has 7 heteroatoms. The van der Waals surface area contributed by atoms with E-state index in [0.29, 0.717) is 18.7 Å². The van der Waals surface area contributed by atoms with Crippen LogP contribution in [-0.4, -0.2) is 36.9 Å². The molecular weight excluding hydrogens is 280 g/mol. The monoisotopic (exact) mass is 300 g/mol. The number of carboxylic acids is 1. The van der Waals surface area contributed by atoms with Crippen LogP contribution in [0.2, 0.25) is 0 Å². The van der Waals surface area contributed by atoms with Gasteiger partial charge in [-0.05, 0) is 31.0 Å². The third-order valence-corrected chi connectivity index (χ3v) is 4.64. The van der Waals surface area contributed by atoms with Gasteiger partial charge >= 0.3 is 16.2 Å². The predicted molar refractivity (Wildman–Crippen MR) is 78.3 cm³/mol. The van der Waals surface area contributed by atoms with Crippen molar-refractivity contribution >= 4 is 21.9 Å². The molecule has 0 aliphatic rings. The molecule has 0 saturated heterocycles. The van der Waals surface area contributed by atoms with Crippen molar-refractivity contribution in [2.24, 2.45) is 0 Å². The SMILES string of the molecule is CCN(CC)S(=O)(=O)Nc1c(C)cc(C)cc1C(=O)O. The second-order valence-corrected chi connectivity index (χ2v) is 6.17. The van der Waals surface area contributed by atoms with Gasteiger partial charge in [0.25, 0.3) is 0 Å². The lowest BCUT2D eigenvalue weighted by Crippen LogP contribution is -2.36. The second kappa shape index (κ2) is 6.23. The Hall–Kier alpha value is -1.60. The van der Waals surface area contributed by atoms with E-state index in [4.69, 9.17) is 0 Å². The van der Waals surface area contributed by atoms with Crippen LogP contribution in [0.5, 0.6) is 0 Å². The molecule has 0 saturated carbocycles. The summed E-state index contributed by atoms with van der Waals surface area (Å²) in [6.45, 7) is 7.53. The Balaban J connectivity index is 3.31. The minimum Gasteiger partial charge on any atom is -0.478 e. The molecule has 1 rings (SSSR count). The van der Waals surface area contributed by atoms with Crippen molar-refractivity contribution < 1.29 is 18.3 Å². The van der Waals surface area contributed by atoms with E-state index < -0.39 is 16.2 Å². The molecule has 0 atom stereocenters. The number of carbonyl (C=O) groups is 1. The number of hydrogen-bond donors (Lipinski definition) is 2. The van der Waals surface area contributed by atoms with Crippen molar-refractivity contribution in [3.63, 3.8) is 0 Å². The lowest BCUT2D eigenvalue weighted by molar-refractivity contribution is 0.0698. The number of aromatic carboxylic acids is 1. The van der Waals surface area contributed by atoms with Crippen LogP contribution < -0.4 is 4.72 Å². The average Bonchev–Trinajstić information content (AvgIpc) is 2.33. The maximum atomic E-state index is 12.2. The van der Waals surface area contributed by atoms with Crippen molar-refractivity contribution in [2.75, 3.05) is 17.8 Å². The Morgan fingerprint density at radius 2 is 1.80 bits per heavy atom. The van der Waals surface area contributed by atoms with Crippen molar-refractivity contribution in [2.45, 2.75) is 27.7 Å². The lowest BCUT2D eigenvalue weighted by atomic mass is 10.0. The van der Waals surface area contributed by atoms with Gasteiger partial charge in [0.05, 0.1) is 11.3 Å². The summed E-state index contributed by atoms with van der Waals surface area (Å²) in [5, 5.41) is 9.22. The zero-order valence-corrected chi connectivity index (χ0v) is 12.9. The maximum Gasteiger partial charge on any atom is 0.337 e. The van der Waals surface area contributed by atoms with Gasteiger partial charge < -0.3 is 5.11 Å². The summed E-state index contributed by atoms with van der Waals surface area (Å²) in [5.41, 5.74) is 1.43. The quantitative estimate of drug-likeness (QED) is 0.841. The van der Waals surface area contributed by atoms with Crippen LogP contribution in [0.15, 0.2) is 12.1 Å². The Kier molecular flexibility index (Phi) is 5.13. The summed E-state index contributed by atoms with van der Waals surface area (Å²) >= 11 is 0. The third kappa shape index (κ3) is 3.49. The van der Waals surface area contributed by atoms with Crippen LogP contribution >= 0.6 is 0 Å². The summed E-state index contributed by atoms with van der Waals surface area (Å²) < 4.78 is 28.0. The van der Waals surface area contributed by atoms with Gasteiger partial charge in [-0.25, -0.2) is 4.79 Å². The first-order chi connectivity index (χ1) is 9.22. The zero-order valence-electron chi connectivity index (χ0n) is 12.1. The number of benzene rings is 1. The Labute approximate surface area is 119 Å². The highest BCUT2D eigenvalue weighted by molar-refractivity contribution is 7.90. The van der Waals surface area contributed by atoms with Crippen LogP contribution in [0.4, 0.5) is 5.69 Å². The second-order valence-electron chi connectivity index (χ2n) is 4.50. The summed E-state index contributed by atoms with van der Waals surface area (Å²) in [5.74, 6) is -1.16. The number of aryl methyl sites for hydroxylation is 2. The number of nitrogens with one attached hydrogen (secondary N) is 1. The van der Waals surface area contributed by atoms with E-state index in [2.05, 4.69) is 4.72 Å². The summed E-state index contributed by atoms with van der Waals surface area (Å²) in [4.78, 5) is 11.3. The Morgan fingerprint density at radius 1 is 1.25 bits per heavy atom. The molecule has 0 bridgehead atoms. The minimum atomic E-state index is -3.75. The van der Waals surface area contributed by atoms with Gasteiger partial charge in [0.15, 0.2) is 0 Å². The van der Waals surface area contributed by atoms with Gasteiger partial charge in [0, 0.05) is 13.1 Å². The molecule has 2 N–H and O–H groups in total. The van der Waals surface area contributed by atoms with Gasteiger partial charge in [-0.1, -0.05) is 19.9 Å². The fourth-order valence-electron chi connectivity index (χ4n) is 2.03. The number of nitrogens with zero attached hydrogens (tertiary/aromatic N) is 1. The summed E-state index contributed by atoms with van der Waals surface area (Å²) in [6, 6.07) is 3.20. The van der Waals surface area contributed by atoms with Crippen molar-refractivity contribution in [1.82, 2.24) is 4.31 Å². The van der Waals surface area contributed by atoms with E-state index >= 15 is 0 Å². The minimum absolute atomic E-state index is 0.0433. The number of hydrogen-bond acceptors (Lipinski definition) is 3. The molecule has 0 heterocycles. The van der Waals surface area contributed by atoms with Crippen LogP contribution in [0.25, 0.3) is 0 Å². The molecule has 0 unspecified atom stereocenters. The highest BCUT2D eigenvalue weighted by Gasteiger charge is 2.23. The van der Waals surface area contributed by atoms with Gasteiger partial charge in [-0.3, -0.25) is 4.72 Å². The highest BCUT2D eigenvalue weighted by Crippen LogP contribution is 2.24. The van der Waals surface area contributed by atoms with Crippen LogP contribution in [0.1, 0.15) is 35.3 Å². The lowest BCUT2D eigenvalue weighted by Gasteiger charge is -2.21. The largest absolute Gasteiger partial charge is 0.478 e. The molecule has 0 spiro atoms. The smallest absolute Gasteiger partial charge is 0.337 e. The van der Waals surface area contributed by atoms with E-state index in [-0.39, 0.29) is 11.3 Å². The van der Waals surface area contributed by atoms with E-state index in [1.807, 2.05) is 0 Å². The molecule has 112 valence electrons. The molecule has 6 nitrogen and oxygen atoms in total. The first kappa shape index (κ1) is 16.5. The van der Waals surface area contributed by atoms with Gasteiger partial charge in [0.1, 0.15) is 0 Å². The number of carboxylic acid groups (broad SMARTS) is 1. The molecule has 0 fully saturated rings. The van der Waals surface area contributed by atoms with Crippen LogP contribution in [0.3, 0.4) is 0 Å². The molecule has 0 aliphatic heterocycles. The summed E-state index contributed by atoms with van der Waals surface area (Å²) in [6.07, 6.45) is 0. The van der Waals surface area contributed by atoms with E-state index in [0.717, 1.165) is 5.56 Å². The first-order valence-electron chi connectivity index (χ1n) is 6.35. The van der Waals surface area contributed by atoms with Crippen LogP contribution in [0, 0.1) is 13.8 Å². The van der Waals surface area contributed by atoms with Gasteiger partial charge in [0.2, 0.25) is 0 Å². The molecule has 0 aromatic heterocycles. The van der Waals surface area contributed by atoms with E-state index in [9.17, 15) is 18.3 Å². The molecule has 0 aliphatic carbocycles. The van der Waals surface area contributed by atoms with Gasteiger partial charge in [-0.2, -0.15) is 12.7 Å². The normalized spacial score (nSPS) is 11.7. The van der Waals surface area contributed by atoms with Crippen molar-refractivity contribution in [3.05, 3.63) is 28.8 Å².